The number of nitrogens with one attached hydrogen (secondary N) is 3. The Hall–Kier alpha value is -0.430. The molecule has 7 nitrogen and oxygen atoms in total. The molecular formula is C17H31IN4O3S2. The number of guanidine groups is 1. The van der Waals surface area contributed by atoms with E-state index in [1.165, 1.54) is 43.4 Å². The molecule has 0 amide bonds. The lowest BCUT2D eigenvalue weighted by Crippen LogP contribution is -2.41. The lowest BCUT2D eigenvalue weighted by molar-refractivity contribution is 0.0277. The number of halogens is 1. The Bertz CT molecular complexity index is 633. The Kier molecular flexibility index (Phi) is 12.5. The summed E-state index contributed by atoms with van der Waals surface area (Å²) in [6, 6.07) is 3.32. The first-order valence-electron chi connectivity index (χ1n) is 9.21. The molecular weight excluding hydrogens is 499 g/mol. The topological polar surface area (TPSA) is 91.8 Å². The summed E-state index contributed by atoms with van der Waals surface area (Å²) in [4.78, 5) is 4.14. The zero-order valence-corrected chi connectivity index (χ0v) is 19.7. The third-order valence-electron chi connectivity index (χ3n) is 4.21. The largest absolute Gasteiger partial charge is 0.378 e. The highest BCUT2D eigenvalue weighted by Crippen LogP contribution is 2.20. The van der Waals surface area contributed by atoms with Crippen LogP contribution in [0.1, 0.15) is 38.5 Å². The summed E-state index contributed by atoms with van der Waals surface area (Å²) < 4.78 is 32.8. The van der Waals surface area contributed by atoms with Gasteiger partial charge in [-0.1, -0.05) is 25.3 Å². The quantitative estimate of drug-likeness (QED) is 0.187. The Morgan fingerprint density at radius 3 is 2.63 bits per heavy atom. The van der Waals surface area contributed by atoms with Gasteiger partial charge < -0.3 is 15.4 Å². The third kappa shape index (κ3) is 9.55. The van der Waals surface area contributed by atoms with Gasteiger partial charge in [0.2, 0.25) is 10.0 Å². The number of sulfonamides is 1. The predicted molar refractivity (Wildman–Crippen MR) is 122 cm³/mol. The second kappa shape index (κ2) is 13.7. The molecule has 27 heavy (non-hydrogen) atoms. The summed E-state index contributed by atoms with van der Waals surface area (Å²) in [5.74, 6) is 0.665. The highest BCUT2D eigenvalue weighted by molar-refractivity contribution is 14.0. The SMILES string of the molecule is CN=C(NCCCOC1CCCCC1)NCCNS(=O)(=O)c1cccs1.I. The van der Waals surface area contributed by atoms with E-state index in [2.05, 4.69) is 20.3 Å². The Balaban J connectivity index is 0.00000364. The van der Waals surface area contributed by atoms with Crippen molar-refractivity contribution in [2.75, 3.05) is 33.3 Å². The van der Waals surface area contributed by atoms with Crippen molar-refractivity contribution in [3.05, 3.63) is 17.5 Å². The van der Waals surface area contributed by atoms with Crippen LogP contribution in [0.15, 0.2) is 26.7 Å². The van der Waals surface area contributed by atoms with Crippen molar-refractivity contribution in [3.63, 3.8) is 0 Å². The molecule has 1 aliphatic carbocycles. The van der Waals surface area contributed by atoms with Crippen LogP contribution in [0.2, 0.25) is 0 Å². The van der Waals surface area contributed by atoms with Gasteiger partial charge in [-0.2, -0.15) is 0 Å². The molecule has 1 heterocycles. The number of hydrogen-bond acceptors (Lipinski definition) is 5. The lowest BCUT2D eigenvalue weighted by atomic mass is 9.98. The predicted octanol–water partition coefficient (Wildman–Crippen LogP) is 2.55. The molecule has 2 rings (SSSR count). The van der Waals surface area contributed by atoms with E-state index >= 15 is 0 Å². The molecule has 10 heteroatoms. The van der Waals surface area contributed by atoms with E-state index in [0.717, 1.165) is 19.6 Å². The molecule has 1 aromatic heterocycles. The first kappa shape index (κ1) is 24.6. The minimum Gasteiger partial charge on any atom is -0.378 e. The summed E-state index contributed by atoms with van der Waals surface area (Å²) in [6.07, 6.45) is 7.66. The minimum absolute atomic E-state index is 0. The van der Waals surface area contributed by atoms with E-state index in [1.807, 2.05) is 0 Å². The summed E-state index contributed by atoms with van der Waals surface area (Å²) in [6.45, 7) is 2.29. The van der Waals surface area contributed by atoms with Crippen LogP contribution in [0.25, 0.3) is 0 Å². The van der Waals surface area contributed by atoms with Crippen LogP contribution in [0.4, 0.5) is 0 Å². The summed E-state index contributed by atoms with van der Waals surface area (Å²) in [7, 11) is -1.71. The Morgan fingerprint density at radius 1 is 1.22 bits per heavy atom. The summed E-state index contributed by atoms with van der Waals surface area (Å²) in [5, 5.41) is 8.06. The van der Waals surface area contributed by atoms with Crippen molar-refractivity contribution in [2.24, 2.45) is 4.99 Å². The van der Waals surface area contributed by atoms with Crippen molar-refractivity contribution < 1.29 is 13.2 Å². The van der Waals surface area contributed by atoms with Gasteiger partial charge in [-0.3, -0.25) is 4.99 Å². The molecule has 0 aromatic carbocycles. The van der Waals surface area contributed by atoms with E-state index in [-0.39, 0.29) is 24.0 Å². The molecule has 1 aromatic rings. The summed E-state index contributed by atoms with van der Waals surface area (Å²) >= 11 is 1.21. The Labute approximate surface area is 183 Å². The first-order chi connectivity index (χ1) is 12.6. The van der Waals surface area contributed by atoms with Crippen LogP contribution in [0.5, 0.6) is 0 Å². The fraction of sp³-hybridized carbons (Fsp3) is 0.706. The summed E-state index contributed by atoms with van der Waals surface area (Å²) in [5.41, 5.74) is 0. The molecule has 0 spiro atoms. The van der Waals surface area contributed by atoms with Crippen molar-refractivity contribution in [3.8, 4) is 0 Å². The monoisotopic (exact) mass is 530 g/mol. The molecule has 1 aliphatic rings. The average Bonchev–Trinajstić information content (AvgIpc) is 3.20. The van der Waals surface area contributed by atoms with Crippen molar-refractivity contribution in [1.29, 1.82) is 0 Å². The van der Waals surface area contributed by atoms with Crippen LogP contribution in [0, 0.1) is 0 Å². The maximum absolute atomic E-state index is 12.0. The second-order valence-corrected chi connectivity index (χ2v) is 9.18. The fourth-order valence-corrected chi connectivity index (χ4v) is 4.90. The highest BCUT2D eigenvalue weighted by atomic mass is 127. The first-order valence-corrected chi connectivity index (χ1v) is 11.6. The molecule has 0 atom stereocenters. The van der Waals surface area contributed by atoms with Gasteiger partial charge in [0.05, 0.1) is 6.10 Å². The number of aliphatic imine (C=N–C) groups is 1. The number of ether oxygens (including phenoxy) is 1. The van der Waals surface area contributed by atoms with Gasteiger partial charge in [-0.15, -0.1) is 35.3 Å². The molecule has 0 saturated heterocycles. The van der Waals surface area contributed by atoms with E-state index in [9.17, 15) is 8.42 Å². The Morgan fingerprint density at radius 2 is 1.96 bits per heavy atom. The molecule has 0 bridgehead atoms. The molecule has 3 N–H and O–H groups in total. The van der Waals surface area contributed by atoms with Crippen LogP contribution >= 0.6 is 35.3 Å². The maximum Gasteiger partial charge on any atom is 0.250 e. The van der Waals surface area contributed by atoms with Crippen LogP contribution in [-0.4, -0.2) is 53.8 Å². The molecule has 0 aliphatic heterocycles. The highest BCUT2D eigenvalue weighted by Gasteiger charge is 2.14. The third-order valence-corrected chi connectivity index (χ3v) is 7.07. The van der Waals surface area contributed by atoms with E-state index in [0.29, 0.717) is 29.4 Å². The number of thiophene rings is 1. The standard InChI is InChI=1S/C17H30N4O3S2.HI/c1-18-17(19-10-6-13-24-15-7-3-2-4-8-15)20-11-12-21-26(22,23)16-9-5-14-25-16;/h5,9,14-15,21H,2-4,6-8,10-13H2,1H3,(H2,18,19,20);1H. The molecule has 0 unspecified atom stereocenters. The van der Waals surface area contributed by atoms with Gasteiger partial charge in [0.15, 0.2) is 5.96 Å². The lowest BCUT2D eigenvalue weighted by Gasteiger charge is -2.22. The van der Waals surface area contributed by atoms with Crippen molar-refractivity contribution in [1.82, 2.24) is 15.4 Å². The van der Waals surface area contributed by atoms with Crippen LogP contribution in [-0.2, 0) is 14.8 Å². The maximum atomic E-state index is 12.0. The van der Waals surface area contributed by atoms with E-state index < -0.39 is 10.0 Å². The van der Waals surface area contributed by atoms with E-state index in [1.54, 1.807) is 24.6 Å². The zero-order valence-electron chi connectivity index (χ0n) is 15.8. The smallest absolute Gasteiger partial charge is 0.250 e. The van der Waals surface area contributed by atoms with Gasteiger partial charge in [-0.05, 0) is 30.7 Å². The van der Waals surface area contributed by atoms with Crippen molar-refractivity contribution in [2.45, 2.75) is 48.8 Å². The number of rotatable bonds is 10. The fourth-order valence-electron chi connectivity index (χ4n) is 2.84. The molecule has 0 radical (unpaired) electrons. The van der Waals surface area contributed by atoms with Gasteiger partial charge in [0, 0.05) is 33.3 Å². The van der Waals surface area contributed by atoms with Gasteiger partial charge in [-0.25, -0.2) is 13.1 Å². The average molecular weight is 530 g/mol. The minimum atomic E-state index is -3.41. The normalized spacial score (nSPS) is 16.0. The molecule has 1 saturated carbocycles. The van der Waals surface area contributed by atoms with Gasteiger partial charge in [0.25, 0.3) is 0 Å². The molecule has 156 valence electrons. The number of hydrogen-bond donors (Lipinski definition) is 3. The number of nitrogens with zero attached hydrogens (tertiary/aromatic N) is 1. The van der Waals surface area contributed by atoms with Crippen molar-refractivity contribution >= 4 is 51.3 Å². The van der Waals surface area contributed by atoms with Crippen LogP contribution < -0.4 is 15.4 Å². The van der Waals surface area contributed by atoms with Gasteiger partial charge in [0.1, 0.15) is 4.21 Å². The van der Waals surface area contributed by atoms with Crippen LogP contribution in [0.3, 0.4) is 0 Å². The second-order valence-electron chi connectivity index (χ2n) is 6.24. The zero-order chi connectivity index (χ0) is 18.7. The molecule has 1 fully saturated rings. The van der Waals surface area contributed by atoms with E-state index in [4.69, 9.17) is 4.74 Å². The van der Waals surface area contributed by atoms with Gasteiger partial charge >= 0.3 is 0 Å².